The molecule has 110 valence electrons. The highest BCUT2D eigenvalue weighted by Crippen LogP contribution is 2.25. The molecule has 3 unspecified atom stereocenters. The third-order valence-electron chi connectivity index (χ3n) is 3.38. The van der Waals surface area contributed by atoms with Gasteiger partial charge in [0, 0.05) is 31.8 Å². The van der Waals surface area contributed by atoms with Crippen molar-refractivity contribution in [2.24, 2.45) is 0 Å². The largest absolute Gasteiger partial charge is 0.373 e. The monoisotopic (exact) mass is 298 g/mol. The Morgan fingerprint density at radius 2 is 1.90 bits per heavy atom. The zero-order valence-electron chi connectivity index (χ0n) is 11.7. The maximum atomic E-state index is 10.6. The molecule has 0 N–H and O–H groups in total. The van der Waals surface area contributed by atoms with Gasteiger partial charge >= 0.3 is 0 Å². The van der Waals surface area contributed by atoms with Crippen molar-refractivity contribution in [3.05, 3.63) is 39.9 Å². The molecular weight excluding hydrogens is 280 g/mol. The van der Waals surface area contributed by atoms with E-state index in [0.717, 1.165) is 25.2 Å². The molecule has 1 aromatic rings. The highest BCUT2D eigenvalue weighted by Gasteiger charge is 2.24. The maximum Gasteiger partial charge on any atom is 0.269 e. The topological polar surface area (TPSA) is 55.6 Å². The van der Waals surface area contributed by atoms with Crippen LogP contribution in [-0.2, 0) is 4.74 Å². The summed E-state index contributed by atoms with van der Waals surface area (Å²) in [7, 11) is 0. The predicted molar refractivity (Wildman–Crippen MR) is 78.1 cm³/mol. The van der Waals surface area contributed by atoms with Gasteiger partial charge < -0.3 is 4.74 Å². The average Bonchev–Trinajstić information content (AvgIpc) is 2.37. The van der Waals surface area contributed by atoms with Gasteiger partial charge in [-0.3, -0.25) is 15.0 Å². The normalized spacial score (nSPS) is 25.4. The van der Waals surface area contributed by atoms with E-state index in [-0.39, 0.29) is 23.3 Å². The van der Waals surface area contributed by atoms with Crippen molar-refractivity contribution in [2.75, 3.05) is 19.6 Å². The average molecular weight is 299 g/mol. The minimum Gasteiger partial charge on any atom is -0.373 e. The molecule has 6 heteroatoms. The number of ether oxygens (including phenoxy) is 1. The van der Waals surface area contributed by atoms with Gasteiger partial charge in [-0.05, 0) is 19.4 Å². The fourth-order valence-corrected chi connectivity index (χ4v) is 2.91. The van der Waals surface area contributed by atoms with Crippen molar-refractivity contribution in [1.82, 2.24) is 4.90 Å². The lowest BCUT2D eigenvalue weighted by Gasteiger charge is -2.36. The summed E-state index contributed by atoms with van der Waals surface area (Å²) < 4.78 is 5.69. The van der Waals surface area contributed by atoms with Crippen LogP contribution < -0.4 is 0 Å². The lowest BCUT2D eigenvalue weighted by molar-refractivity contribution is -0.384. The van der Waals surface area contributed by atoms with Crippen LogP contribution >= 0.6 is 11.6 Å². The fraction of sp³-hybridized carbons (Fsp3) is 0.571. The van der Waals surface area contributed by atoms with Gasteiger partial charge in [0.15, 0.2) is 0 Å². The van der Waals surface area contributed by atoms with Crippen LogP contribution in [-0.4, -0.2) is 41.7 Å². The highest BCUT2D eigenvalue weighted by atomic mass is 35.5. The quantitative estimate of drug-likeness (QED) is 0.487. The van der Waals surface area contributed by atoms with Crippen molar-refractivity contribution in [3.8, 4) is 0 Å². The van der Waals surface area contributed by atoms with E-state index in [1.807, 2.05) is 0 Å². The minimum absolute atomic E-state index is 0.0891. The van der Waals surface area contributed by atoms with Crippen LogP contribution in [0.25, 0.3) is 0 Å². The van der Waals surface area contributed by atoms with Crippen LogP contribution in [0.3, 0.4) is 0 Å². The first-order valence-electron chi connectivity index (χ1n) is 6.72. The molecular formula is C14H19ClN2O3. The third-order valence-corrected chi connectivity index (χ3v) is 3.77. The van der Waals surface area contributed by atoms with E-state index in [1.54, 1.807) is 12.1 Å². The van der Waals surface area contributed by atoms with Crippen molar-refractivity contribution < 1.29 is 9.66 Å². The number of morpholine rings is 1. The van der Waals surface area contributed by atoms with Gasteiger partial charge in [-0.15, -0.1) is 11.6 Å². The molecule has 3 atom stereocenters. The van der Waals surface area contributed by atoms with Crippen LogP contribution in [0.5, 0.6) is 0 Å². The van der Waals surface area contributed by atoms with E-state index in [9.17, 15) is 10.1 Å². The van der Waals surface area contributed by atoms with Crippen LogP contribution in [0.15, 0.2) is 24.3 Å². The molecule has 1 aliphatic heterocycles. The summed E-state index contributed by atoms with van der Waals surface area (Å²) in [6, 6.07) is 6.44. The molecule has 0 bridgehead atoms. The molecule has 1 aliphatic rings. The number of rotatable bonds is 4. The molecule has 0 radical (unpaired) electrons. The van der Waals surface area contributed by atoms with E-state index in [0.29, 0.717) is 0 Å². The molecule has 1 fully saturated rings. The standard InChI is InChI=1S/C14H19ClN2O3/c1-10-7-16(8-11(2)20-10)9-14(15)12-3-5-13(6-4-12)17(18)19/h3-6,10-11,14H,7-9H2,1-2H3. The summed E-state index contributed by atoms with van der Waals surface area (Å²) in [6.45, 7) is 6.55. The van der Waals surface area contributed by atoms with Gasteiger partial charge in [0.25, 0.3) is 5.69 Å². The van der Waals surface area contributed by atoms with Crippen LogP contribution in [0.2, 0.25) is 0 Å². The second-order valence-electron chi connectivity index (χ2n) is 5.29. The molecule has 0 aromatic heterocycles. The smallest absolute Gasteiger partial charge is 0.269 e. The van der Waals surface area contributed by atoms with Crippen LogP contribution in [0.1, 0.15) is 24.8 Å². The predicted octanol–water partition coefficient (Wildman–Crippen LogP) is 2.98. The van der Waals surface area contributed by atoms with Gasteiger partial charge in [0.2, 0.25) is 0 Å². The summed E-state index contributed by atoms with van der Waals surface area (Å²) in [5, 5.41) is 10.4. The van der Waals surface area contributed by atoms with E-state index >= 15 is 0 Å². The molecule has 0 amide bonds. The van der Waals surface area contributed by atoms with E-state index in [1.165, 1.54) is 12.1 Å². The lowest BCUT2D eigenvalue weighted by Crippen LogP contribution is -2.46. The second kappa shape index (κ2) is 6.52. The number of non-ortho nitro benzene ring substituents is 1. The second-order valence-corrected chi connectivity index (χ2v) is 5.82. The zero-order valence-corrected chi connectivity index (χ0v) is 12.4. The Morgan fingerprint density at radius 3 is 2.40 bits per heavy atom. The van der Waals surface area contributed by atoms with Crippen molar-refractivity contribution in [3.63, 3.8) is 0 Å². The lowest BCUT2D eigenvalue weighted by atomic mass is 10.1. The van der Waals surface area contributed by atoms with Crippen molar-refractivity contribution in [1.29, 1.82) is 0 Å². The van der Waals surface area contributed by atoms with Crippen LogP contribution in [0.4, 0.5) is 5.69 Å². The Labute approximate surface area is 123 Å². The Bertz CT molecular complexity index is 456. The van der Waals surface area contributed by atoms with Gasteiger partial charge in [0.1, 0.15) is 0 Å². The SMILES string of the molecule is CC1CN(CC(Cl)c2ccc([N+](=O)[O-])cc2)CC(C)O1. The van der Waals surface area contributed by atoms with Gasteiger partial charge in [-0.2, -0.15) is 0 Å². The first-order valence-corrected chi connectivity index (χ1v) is 7.15. The third kappa shape index (κ3) is 3.91. The molecule has 1 heterocycles. The molecule has 5 nitrogen and oxygen atoms in total. The fourth-order valence-electron chi connectivity index (χ4n) is 2.57. The number of nitro benzene ring substituents is 1. The molecule has 0 spiro atoms. The van der Waals surface area contributed by atoms with E-state index < -0.39 is 4.92 Å². The zero-order chi connectivity index (χ0) is 14.7. The maximum absolute atomic E-state index is 10.6. The molecule has 1 saturated heterocycles. The Hall–Kier alpha value is -1.17. The van der Waals surface area contributed by atoms with Gasteiger partial charge in [-0.25, -0.2) is 0 Å². The Morgan fingerprint density at radius 1 is 1.35 bits per heavy atom. The molecule has 0 saturated carbocycles. The van der Waals surface area contributed by atoms with Gasteiger partial charge in [0.05, 0.1) is 22.5 Å². The van der Waals surface area contributed by atoms with Crippen molar-refractivity contribution >= 4 is 17.3 Å². The van der Waals surface area contributed by atoms with Gasteiger partial charge in [-0.1, -0.05) is 12.1 Å². The number of alkyl halides is 1. The van der Waals surface area contributed by atoms with Crippen LogP contribution in [0, 0.1) is 10.1 Å². The number of hydrogen-bond acceptors (Lipinski definition) is 4. The summed E-state index contributed by atoms with van der Waals surface area (Å²) in [6.07, 6.45) is 0.416. The molecule has 2 rings (SSSR count). The van der Waals surface area contributed by atoms with Crippen molar-refractivity contribution in [2.45, 2.75) is 31.4 Å². The summed E-state index contributed by atoms with van der Waals surface area (Å²) in [4.78, 5) is 12.5. The summed E-state index contributed by atoms with van der Waals surface area (Å²) >= 11 is 6.41. The molecule has 0 aliphatic carbocycles. The first-order chi connectivity index (χ1) is 9.45. The Kier molecular flexibility index (Phi) is 4.96. The number of nitro groups is 1. The first kappa shape index (κ1) is 15.2. The number of hydrogen-bond donors (Lipinski definition) is 0. The highest BCUT2D eigenvalue weighted by molar-refractivity contribution is 6.21. The number of nitrogens with zero attached hydrogens (tertiary/aromatic N) is 2. The molecule has 1 aromatic carbocycles. The summed E-state index contributed by atoms with van der Waals surface area (Å²) in [5.74, 6) is 0. The molecule has 20 heavy (non-hydrogen) atoms. The summed E-state index contributed by atoms with van der Waals surface area (Å²) in [5.41, 5.74) is 0.996. The number of halogens is 1. The van der Waals surface area contributed by atoms with E-state index in [4.69, 9.17) is 16.3 Å². The van der Waals surface area contributed by atoms with E-state index in [2.05, 4.69) is 18.7 Å². The Balaban J connectivity index is 1.97. The number of benzene rings is 1. The minimum atomic E-state index is -0.404.